The quantitative estimate of drug-likeness (QED) is 0.0858. The van der Waals surface area contributed by atoms with Crippen LogP contribution in [0.25, 0.3) is 0 Å². The summed E-state index contributed by atoms with van der Waals surface area (Å²) in [5, 5.41) is 3.64. The van der Waals surface area contributed by atoms with Gasteiger partial charge in [-0.1, -0.05) is 54.3 Å². The molecule has 0 bridgehead atoms. The van der Waals surface area contributed by atoms with Crippen molar-refractivity contribution in [3.05, 3.63) is 0 Å². The van der Waals surface area contributed by atoms with Gasteiger partial charge in [0.05, 0.1) is 0 Å². The fraction of sp³-hybridized carbons (Fsp3) is 1.00. The molecule has 0 aromatic rings. The van der Waals surface area contributed by atoms with E-state index in [-0.39, 0.29) is 9.52 Å². The molecule has 0 spiro atoms. The van der Waals surface area contributed by atoms with Gasteiger partial charge in [-0.25, -0.2) is 0 Å². The molecule has 0 amide bonds. The molecule has 27 heavy (non-hydrogen) atoms. The first-order chi connectivity index (χ1) is 13.2. The second-order valence-electron chi connectivity index (χ2n) is 7.13. The van der Waals surface area contributed by atoms with Crippen LogP contribution in [0.5, 0.6) is 0 Å². The third kappa shape index (κ3) is 18.1. The number of halogens is 3. The van der Waals surface area contributed by atoms with Gasteiger partial charge < -0.3 is 14.2 Å². The molecule has 0 aliphatic heterocycles. The molecule has 7 heteroatoms. The van der Waals surface area contributed by atoms with Crippen LogP contribution in [-0.2, 0) is 14.2 Å². The Labute approximate surface area is 195 Å². The summed E-state index contributed by atoms with van der Waals surface area (Å²) >= 11 is 10.4. The molecular weight excluding hydrogens is 556 g/mol. The summed E-state index contributed by atoms with van der Waals surface area (Å²) in [6.07, 6.45) is 10.8. The van der Waals surface area contributed by atoms with Crippen LogP contribution in [0.1, 0.15) is 57.8 Å². The van der Waals surface area contributed by atoms with E-state index in [1.54, 1.807) is 0 Å². The van der Waals surface area contributed by atoms with Crippen LogP contribution >= 0.6 is 47.8 Å². The molecule has 0 aromatic heterocycles. The molecule has 0 unspecified atom stereocenters. The van der Waals surface area contributed by atoms with Gasteiger partial charge >= 0.3 is 0 Å². The molecule has 0 saturated heterocycles. The van der Waals surface area contributed by atoms with Gasteiger partial charge in [0.25, 0.3) is 0 Å². The Morgan fingerprint density at radius 1 is 0.556 bits per heavy atom. The maximum atomic E-state index is 5.78. The zero-order chi connectivity index (χ0) is 20.1. The number of ether oxygens (including phenoxy) is 3. The standard InChI is InChI=1S/C20H41Br3O3Si/c1-27-20(8-2-14-24-17-5-11-21,9-3-15-25-18-6-12-22)10-4-16-26-19-7-13-23/h2-19,27H2,1H3. The highest BCUT2D eigenvalue weighted by Crippen LogP contribution is 2.41. The molecule has 3 nitrogen and oxygen atoms in total. The van der Waals surface area contributed by atoms with Gasteiger partial charge in [-0.15, -0.1) is 0 Å². The van der Waals surface area contributed by atoms with Crippen molar-refractivity contribution in [3.63, 3.8) is 0 Å². The van der Waals surface area contributed by atoms with Crippen LogP contribution in [0.15, 0.2) is 0 Å². The summed E-state index contributed by atoms with van der Waals surface area (Å²) in [5.41, 5.74) is 0. The maximum Gasteiger partial charge on any atom is 0.0474 e. The van der Waals surface area contributed by atoms with E-state index in [1.807, 2.05) is 0 Å². The molecule has 0 heterocycles. The second-order valence-corrected chi connectivity index (χ2v) is 11.7. The van der Waals surface area contributed by atoms with Gasteiger partial charge in [0, 0.05) is 65.2 Å². The highest BCUT2D eigenvalue weighted by molar-refractivity contribution is 9.09. The Bertz CT molecular complexity index is 259. The molecule has 0 aliphatic carbocycles. The molecule has 0 aromatic carbocycles. The lowest BCUT2D eigenvalue weighted by atomic mass is 9.91. The second kappa shape index (κ2) is 22.2. The number of rotatable bonds is 22. The van der Waals surface area contributed by atoms with E-state index in [0.29, 0.717) is 5.04 Å². The Morgan fingerprint density at radius 3 is 1.11 bits per heavy atom. The third-order valence-corrected chi connectivity index (χ3v) is 9.25. The van der Waals surface area contributed by atoms with Crippen molar-refractivity contribution in [3.8, 4) is 0 Å². The van der Waals surface area contributed by atoms with Gasteiger partial charge in [0.2, 0.25) is 0 Å². The van der Waals surface area contributed by atoms with Crippen molar-refractivity contribution in [1.29, 1.82) is 0 Å². The molecule has 164 valence electrons. The summed E-state index contributed by atoms with van der Waals surface area (Å²) in [7, 11) is -0.0996. The Balaban J connectivity index is 4.23. The summed E-state index contributed by atoms with van der Waals surface area (Å²) in [6, 6.07) is 0. The zero-order valence-electron chi connectivity index (χ0n) is 17.3. The molecule has 0 radical (unpaired) electrons. The minimum atomic E-state index is -0.0996. The largest absolute Gasteiger partial charge is 0.381 e. The molecule has 0 fully saturated rings. The smallest absolute Gasteiger partial charge is 0.0474 e. The van der Waals surface area contributed by atoms with Gasteiger partial charge in [0.15, 0.2) is 0 Å². The van der Waals surface area contributed by atoms with Crippen molar-refractivity contribution in [2.45, 2.75) is 69.4 Å². The van der Waals surface area contributed by atoms with Gasteiger partial charge in [-0.05, 0) is 62.8 Å². The van der Waals surface area contributed by atoms with Crippen molar-refractivity contribution < 1.29 is 14.2 Å². The molecule has 0 atom stereocenters. The fourth-order valence-electron chi connectivity index (χ4n) is 3.33. The first-order valence-electron chi connectivity index (χ1n) is 10.7. The van der Waals surface area contributed by atoms with Crippen molar-refractivity contribution in [2.24, 2.45) is 0 Å². The monoisotopic (exact) mass is 594 g/mol. The van der Waals surface area contributed by atoms with Crippen molar-refractivity contribution in [1.82, 2.24) is 0 Å². The van der Waals surface area contributed by atoms with Crippen LogP contribution in [-0.4, -0.2) is 65.2 Å². The summed E-state index contributed by atoms with van der Waals surface area (Å²) in [4.78, 5) is 0. The molecule has 0 rings (SSSR count). The Morgan fingerprint density at radius 2 is 0.852 bits per heavy atom. The minimum absolute atomic E-state index is 0.0996. The maximum absolute atomic E-state index is 5.78. The Hall–Kier alpha value is 1.54. The highest BCUT2D eigenvalue weighted by Gasteiger charge is 2.27. The molecule has 0 saturated carbocycles. The molecular formula is C20H41Br3O3Si. The first kappa shape index (κ1) is 28.5. The van der Waals surface area contributed by atoms with Crippen molar-refractivity contribution >= 4 is 57.3 Å². The lowest BCUT2D eigenvalue weighted by molar-refractivity contribution is 0.113. The van der Waals surface area contributed by atoms with E-state index in [4.69, 9.17) is 14.2 Å². The lowest BCUT2D eigenvalue weighted by Crippen LogP contribution is -2.21. The summed E-state index contributed by atoms with van der Waals surface area (Å²) < 4.78 is 17.3. The Kier molecular flexibility index (Phi) is 23.5. The normalized spacial score (nSPS) is 12.4. The van der Waals surface area contributed by atoms with Crippen LogP contribution in [0.2, 0.25) is 11.6 Å². The topological polar surface area (TPSA) is 27.7 Å². The minimum Gasteiger partial charge on any atom is -0.381 e. The van der Waals surface area contributed by atoms with E-state index in [0.717, 1.165) is 74.9 Å². The number of hydrogen-bond donors (Lipinski definition) is 0. The predicted octanol–water partition coefficient (Wildman–Crippen LogP) is 6.11. The average Bonchev–Trinajstić information content (AvgIpc) is 2.69. The van der Waals surface area contributed by atoms with Crippen molar-refractivity contribution in [2.75, 3.05) is 55.6 Å². The lowest BCUT2D eigenvalue weighted by Gasteiger charge is -2.33. The van der Waals surface area contributed by atoms with E-state index < -0.39 is 0 Å². The van der Waals surface area contributed by atoms with Crippen LogP contribution in [0.4, 0.5) is 0 Å². The van der Waals surface area contributed by atoms with Crippen LogP contribution < -0.4 is 0 Å². The number of hydrogen-bond acceptors (Lipinski definition) is 3. The first-order valence-corrected chi connectivity index (χ1v) is 16.1. The summed E-state index contributed by atoms with van der Waals surface area (Å²) in [6.45, 7) is 7.86. The SMILES string of the molecule is C[SiH2]C(CCCOCCCBr)(CCCOCCCBr)CCCOCCCBr. The average molecular weight is 597 g/mol. The van der Waals surface area contributed by atoms with Gasteiger partial charge in [0.1, 0.15) is 0 Å². The third-order valence-electron chi connectivity index (χ3n) is 5.00. The molecule has 0 N–H and O–H groups in total. The highest BCUT2D eigenvalue weighted by atomic mass is 79.9. The number of alkyl halides is 3. The van der Waals surface area contributed by atoms with E-state index in [9.17, 15) is 0 Å². The molecule has 0 aliphatic rings. The van der Waals surface area contributed by atoms with Crippen LogP contribution in [0.3, 0.4) is 0 Å². The zero-order valence-corrected chi connectivity index (χ0v) is 23.5. The predicted molar refractivity (Wildman–Crippen MR) is 132 cm³/mol. The van der Waals surface area contributed by atoms with Crippen LogP contribution in [0, 0.1) is 0 Å². The van der Waals surface area contributed by atoms with Gasteiger partial charge in [-0.3, -0.25) is 0 Å². The van der Waals surface area contributed by atoms with E-state index in [1.165, 1.54) is 38.5 Å². The van der Waals surface area contributed by atoms with E-state index >= 15 is 0 Å². The van der Waals surface area contributed by atoms with Gasteiger partial charge in [-0.2, -0.15) is 0 Å². The van der Waals surface area contributed by atoms with E-state index in [2.05, 4.69) is 54.3 Å². The fourth-order valence-corrected chi connectivity index (χ4v) is 5.83. The summed E-state index contributed by atoms with van der Waals surface area (Å²) in [5.74, 6) is 0.